The van der Waals surface area contributed by atoms with Gasteiger partial charge in [-0.15, -0.1) is 22.7 Å². The van der Waals surface area contributed by atoms with Gasteiger partial charge in [0, 0.05) is 29.7 Å². The van der Waals surface area contributed by atoms with Gasteiger partial charge in [0.1, 0.15) is 5.75 Å². The molecular formula is C17H19N5OS2. The minimum Gasteiger partial charge on any atom is -0.497 e. The molecule has 130 valence electrons. The van der Waals surface area contributed by atoms with E-state index in [1.165, 1.54) is 5.56 Å². The molecule has 6 nitrogen and oxygen atoms in total. The van der Waals surface area contributed by atoms with E-state index in [1.54, 1.807) is 29.8 Å². The number of methoxy groups -OCH3 is 1. The average Bonchev–Trinajstić information content (AvgIpc) is 3.36. The van der Waals surface area contributed by atoms with Gasteiger partial charge in [0.05, 0.1) is 27.1 Å². The molecule has 0 amide bonds. The van der Waals surface area contributed by atoms with E-state index in [0.717, 1.165) is 42.6 Å². The number of hydrogen-bond acceptors (Lipinski definition) is 8. The predicted octanol–water partition coefficient (Wildman–Crippen LogP) is 3.31. The predicted molar refractivity (Wildman–Crippen MR) is 102 cm³/mol. The summed E-state index contributed by atoms with van der Waals surface area (Å²) in [5.74, 6) is 0.885. The maximum Gasteiger partial charge on any atom is 0.187 e. The van der Waals surface area contributed by atoms with Gasteiger partial charge in [0.2, 0.25) is 0 Å². The number of rotatable bonds is 5. The van der Waals surface area contributed by atoms with Crippen molar-refractivity contribution in [1.29, 1.82) is 0 Å². The van der Waals surface area contributed by atoms with Crippen molar-refractivity contribution < 1.29 is 4.74 Å². The summed E-state index contributed by atoms with van der Waals surface area (Å²) >= 11 is 3.34. The second-order valence-electron chi connectivity index (χ2n) is 5.81. The standard InChI is InChI=1S/C17H19N5OS2/c1-23-15-4-2-14(3-5-15)10-20-11-21(16-18-6-8-24-16)13-22(12-20)17-19-7-9-25-17/h2-9H,10-13H2,1H3. The first-order valence-electron chi connectivity index (χ1n) is 7.96. The van der Waals surface area contributed by atoms with Crippen molar-refractivity contribution in [3.05, 3.63) is 53.0 Å². The number of ether oxygens (including phenoxy) is 1. The van der Waals surface area contributed by atoms with Gasteiger partial charge in [-0.3, -0.25) is 4.90 Å². The molecule has 0 radical (unpaired) electrons. The van der Waals surface area contributed by atoms with Crippen molar-refractivity contribution in [3.8, 4) is 5.75 Å². The summed E-state index contributed by atoms with van der Waals surface area (Å²) in [6.45, 7) is 3.37. The van der Waals surface area contributed by atoms with Crippen LogP contribution >= 0.6 is 22.7 Å². The van der Waals surface area contributed by atoms with E-state index in [4.69, 9.17) is 4.74 Å². The maximum atomic E-state index is 5.25. The molecule has 1 fully saturated rings. The minimum absolute atomic E-state index is 0.806. The van der Waals surface area contributed by atoms with Gasteiger partial charge in [-0.25, -0.2) is 9.97 Å². The van der Waals surface area contributed by atoms with Crippen LogP contribution in [0.5, 0.6) is 5.75 Å². The van der Waals surface area contributed by atoms with Gasteiger partial charge in [-0.05, 0) is 17.7 Å². The Balaban J connectivity index is 1.53. The summed E-state index contributed by atoms with van der Waals surface area (Å²) in [6, 6.07) is 8.26. The third kappa shape index (κ3) is 3.76. The number of hydrogen-bond donors (Lipinski definition) is 0. The fraction of sp³-hybridized carbons (Fsp3) is 0.294. The number of aromatic nitrogens is 2. The van der Waals surface area contributed by atoms with E-state index in [2.05, 4.69) is 36.8 Å². The van der Waals surface area contributed by atoms with Crippen LogP contribution in [0.3, 0.4) is 0 Å². The van der Waals surface area contributed by atoms with Crippen LogP contribution in [0.4, 0.5) is 10.3 Å². The highest BCUT2D eigenvalue weighted by Gasteiger charge is 2.26. The lowest BCUT2D eigenvalue weighted by Crippen LogP contribution is -2.55. The molecule has 1 aliphatic rings. The third-order valence-electron chi connectivity index (χ3n) is 4.03. The molecule has 0 bridgehead atoms. The highest BCUT2D eigenvalue weighted by Crippen LogP contribution is 2.26. The summed E-state index contributed by atoms with van der Waals surface area (Å²) in [5, 5.41) is 6.12. The van der Waals surface area contributed by atoms with Gasteiger partial charge >= 0.3 is 0 Å². The molecule has 0 atom stereocenters. The molecule has 8 heteroatoms. The van der Waals surface area contributed by atoms with Crippen molar-refractivity contribution in [2.45, 2.75) is 6.54 Å². The Kier molecular flexibility index (Phi) is 4.82. The van der Waals surface area contributed by atoms with Gasteiger partial charge < -0.3 is 14.5 Å². The summed E-state index contributed by atoms with van der Waals surface area (Å²) in [5.41, 5.74) is 1.26. The van der Waals surface area contributed by atoms with Crippen LogP contribution in [0.25, 0.3) is 0 Å². The molecule has 2 aromatic heterocycles. The second kappa shape index (κ2) is 7.38. The molecule has 0 spiro atoms. The molecule has 0 unspecified atom stereocenters. The summed E-state index contributed by atoms with van der Waals surface area (Å²) in [7, 11) is 1.69. The van der Waals surface area contributed by atoms with E-state index in [0.29, 0.717) is 0 Å². The number of anilines is 2. The van der Waals surface area contributed by atoms with Crippen LogP contribution in [0.15, 0.2) is 47.4 Å². The van der Waals surface area contributed by atoms with Crippen LogP contribution in [0.2, 0.25) is 0 Å². The number of nitrogens with zero attached hydrogens (tertiary/aromatic N) is 5. The fourth-order valence-corrected chi connectivity index (χ4v) is 4.16. The Morgan fingerprint density at radius 2 is 1.52 bits per heavy atom. The molecule has 4 rings (SSSR count). The first-order chi connectivity index (χ1) is 12.3. The molecule has 0 N–H and O–H groups in total. The van der Waals surface area contributed by atoms with E-state index >= 15 is 0 Å². The lowest BCUT2D eigenvalue weighted by molar-refractivity contribution is 0.234. The minimum atomic E-state index is 0.806. The van der Waals surface area contributed by atoms with Crippen LogP contribution in [-0.4, -0.2) is 42.0 Å². The highest BCUT2D eigenvalue weighted by molar-refractivity contribution is 7.14. The van der Waals surface area contributed by atoms with Gasteiger partial charge in [-0.1, -0.05) is 12.1 Å². The molecule has 3 heterocycles. The lowest BCUT2D eigenvalue weighted by Gasteiger charge is -2.42. The topological polar surface area (TPSA) is 44.7 Å². The lowest BCUT2D eigenvalue weighted by atomic mass is 10.2. The smallest absolute Gasteiger partial charge is 0.187 e. The maximum absolute atomic E-state index is 5.25. The molecule has 0 aliphatic carbocycles. The van der Waals surface area contributed by atoms with Crippen LogP contribution in [0.1, 0.15) is 5.56 Å². The Hall–Kier alpha value is -2.16. The zero-order chi connectivity index (χ0) is 17.1. The second-order valence-corrected chi connectivity index (χ2v) is 7.56. The molecule has 0 saturated carbocycles. The SMILES string of the molecule is COc1ccc(CN2CN(c3nccs3)CN(c3nccs3)C2)cc1. The summed E-state index contributed by atoms with van der Waals surface area (Å²) < 4.78 is 5.25. The number of benzene rings is 1. The van der Waals surface area contributed by atoms with Crippen LogP contribution < -0.4 is 14.5 Å². The van der Waals surface area contributed by atoms with Gasteiger partial charge in [0.25, 0.3) is 0 Å². The van der Waals surface area contributed by atoms with Crippen molar-refractivity contribution in [3.63, 3.8) is 0 Å². The summed E-state index contributed by atoms with van der Waals surface area (Å²) in [4.78, 5) is 15.9. The van der Waals surface area contributed by atoms with Crippen molar-refractivity contribution in [2.75, 3.05) is 36.9 Å². The first kappa shape index (κ1) is 16.3. The van der Waals surface area contributed by atoms with E-state index in [9.17, 15) is 0 Å². The number of thiazole rings is 2. The zero-order valence-corrected chi connectivity index (χ0v) is 15.5. The van der Waals surface area contributed by atoms with Crippen molar-refractivity contribution >= 4 is 32.9 Å². The molecular weight excluding hydrogens is 354 g/mol. The quantitative estimate of drug-likeness (QED) is 0.684. The Morgan fingerprint density at radius 1 is 0.920 bits per heavy atom. The van der Waals surface area contributed by atoms with Crippen LogP contribution in [0, 0.1) is 0 Å². The van der Waals surface area contributed by atoms with Crippen molar-refractivity contribution in [2.24, 2.45) is 0 Å². The Morgan fingerprint density at radius 3 is 2.00 bits per heavy atom. The Labute approximate surface area is 154 Å². The Bertz CT molecular complexity index is 734. The molecule has 1 aromatic carbocycles. The average molecular weight is 374 g/mol. The fourth-order valence-electron chi connectivity index (χ4n) is 2.90. The normalized spacial score (nSPS) is 15.6. The van der Waals surface area contributed by atoms with Crippen molar-refractivity contribution in [1.82, 2.24) is 14.9 Å². The third-order valence-corrected chi connectivity index (χ3v) is 5.69. The van der Waals surface area contributed by atoms with E-state index < -0.39 is 0 Å². The van der Waals surface area contributed by atoms with E-state index in [1.807, 2.05) is 35.3 Å². The zero-order valence-electron chi connectivity index (χ0n) is 13.9. The van der Waals surface area contributed by atoms with Gasteiger partial charge in [0.15, 0.2) is 10.3 Å². The first-order valence-corrected chi connectivity index (χ1v) is 9.72. The van der Waals surface area contributed by atoms with Crippen LogP contribution in [-0.2, 0) is 6.54 Å². The molecule has 25 heavy (non-hydrogen) atoms. The highest BCUT2D eigenvalue weighted by atomic mass is 32.1. The van der Waals surface area contributed by atoms with E-state index in [-0.39, 0.29) is 0 Å². The van der Waals surface area contributed by atoms with Gasteiger partial charge in [-0.2, -0.15) is 0 Å². The molecule has 3 aromatic rings. The summed E-state index contributed by atoms with van der Waals surface area (Å²) in [6.07, 6.45) is 3.71. The monoisotopic (exact) mass is 373 g/mol. The molecule has 1 saturated heterocycles. The molecule has 1 aliphatic heterocycles. The largest absolute Gasteiger partial charge is 0.497 e.